The van der Waals surface area contributed by atoms with Crippen molar-refractivity contribution in [3.63, 3.8) is 0 Å². The molecule has 0 saturated carbocycles. The van der Waals surface area contributed by atoms with E-state index >= 15 is 0 Å². The fraction of sp³-hybridized carbons (Fsp3) is 0.421. The molecular formula is C19H23N3O3S. The normalized spacial score (nSPS) is 25.6. The first-order valence-electron chi connectivity index (χ1n) is 8.73. The van der Waals surface area contributed by atoms with Crippen molar-refractivity contribution >= 4 is 10.0 Å². The molecule has 7 heteroatoms. The molecular weight excluding hydrogens is 350 g/mol. The summed E-state index contributed by atoms with van der Waals surface area (Å²) in [5.41, 5.74) is 1.59. The van der Waals surface area contributed by atoms with Crippen LogP contribution >= 0.6 is 0 Å². The standard InChI is InChI=1S/C19H23N3O3S/c1-26(24,25)22-17(12-23)18(15-7-3-2-4-8-15)19(22)13-21(14-19)11-16-9-5-6-10-20-16/h2-10,17-18,23H,11-14H2,1H3/t17-,18-/m1/s1. The van der Waals surface area contributed by atoms with Crippen molar-refractivity contribution in [2.75, 3.05) is 26.0 Å². The Bertz CT molecular complexity index is 867. The summed E-state index contributed by atoms with van der Waals surface area (Å²) < 4.78 is 26.4. The van der Waals surface area contributed by atoms with Gasteiger partial charge in [-0.15, -0.1) is 0 Å². The minimum absolute atomic E-state index is 0.00316. The molecule has 1 aromatic heterocycles. The molecule has 0 bridgehead atoms. The fourth-order valence-corrected chi connectivity index (χ4v) is 6.29. The zero-order valence-electron chi connectivity index (χ0n) is 14.7. The summed E-state index contributed by atoms with van der Waals surface area (Å²) in [6.45, 7) is 1.82. The van der Waals surface area contributed by atoms with Crippen LogP contribution in [0.5, 0.6) is 0 Å². The van der Waals surface area contributed by atoms with Gasteiger partial charge in [0.25, 0.3) is 0 Å². The highest BCUT2D eigenvalue weighted by molar-refractivity contribution is 7.88. The topological polar surface area (TPSA) is 73.7 Å². The Labute approximate surface area is 154 Å². The van der Waals surface area contributed by atoms with Crippen LogP contribution in [0.15, 0.2) is 54.7 Å². The van der Waals surface area contributed by atoms with Gasteiger partial charge in [-0.05, 0) is 17.7 Å². The van der Waals surface area contributed by atoms with E-state index in [1.165, 1.54) is 10.6 Å². The number of hydrogen-bond donors (Lipinski definition) is 1. The second-order valence-electron chi connectivity index (χ2n) is 7.27. The molecule has 0 radical (unpaired) electrons. The lowest BCUT2D eigenvalue weighted by Crippen LogP contribution is -2.85. The molecule has 2 aliphatic rings. The largest absolute Gasteiger partial charge is 0.395 e. The van der Waals surface area contributed by atoms with E-state index in [0.29, 0.717) is 19.6 Å². The van der Waals surface area contributed by atoms with Gasteiger partial charge in [-0.2, -0.15) is 4.31 Å². The van der Waals surface area contributed by atoms with Gasteiger partial charge in [-0.25, -0.2) is 8.42 Å². The predicted molar refractivity (Wildman–Crippen MR) is 99.0 cm³/mol. The second-order valence-corrected chi connectivity index (χ2v) is 9.13. The van der Waals surface area contributed by atoms with Crippen molar-refractivity contribution in [1.29, 1.82) is 0 Å². The van der Waals surface area contributed by atoms with E-state index in [1.54, 1.807) is 6.20 Å². The quantitative estimate of drug-likeness (QED) is 0.848. The summed E-state index contributed by atoms with van der Waals surface area (Å²) in [4.78, 5) is 6.57. The maximum atomic E-state index is 12.4. The molecule has 0 aliphatic carbocycles. The molecule has 26 heavy (non-hydrogen) atoms. The number of aliphatic hydroxyl groups excluding tert-OH is 1. The van der Waals surface area contributed by atoms with Crippen LogP contribution < -0.4 is 0 Å². The van der Waals surface area contributed by atoms with Crippen LogP contribution in [0.25, 0.3) is 0 Å². The summed E-state index contributed by atoms with van der Waals surface area (Å²) in [5, 5.41) is 9.87. The Hall–Kier alpha value is -1.80. The number of aromatic nitrogens is 1. The zero-order chi connectivity index (χ0) is 18.4. The minimum Gasteiger partial charge on any atom is -0.395 e. The summed E-state index contributed by atoms with van der Waals surface area (Å²) >= 11 is 0. The first-order chi connectivity index (χ1) is 12.5. The molecule has 1 N–H and O–H groups in total. The Morgan fingerprint density at radius 2 is 1.85 bits per heavy atom. The number of benzene rings is 1. The van der Waals surface area contributed by atoms with Crippen molar-refractivity contribution in [3.05, 3.63) is 66.0 Å². The highest BCUT2D eigenvalue weighted by Crippen LogP contribution is 2.55. The van der Waals surface area contributed by atoms with Gasteiger partial charge >= 0.3 is 0 Å². The Morgan fingerprint density at radius 1 is 1.15 bits per heavy atom. The number of hydrogen-bond acceptors (Lipinski definition) is 5. The molecule has 2 aliphatic heterocycles. The minimum atomic E-state index is -3.40. The molecule has 2 fully saturated rings. The van der Waals surface area contributed by atoms with Crippen LogP contribution in [-0.4, -0.2) is 65.2 Å². The third-order valence-corrected chi connectivity index (χ3v) is 6.86. The molecule has 138 valence electrons. The monoisotopic (exact) mass is 373 g/mol. The average molecular weight is 373 g/mol. The average Bonchev–Trinajstić information content (AvgIpc) is 2.57. The smallest absolute Gasteiger partial charge is 0.212 e. The number of nitrogens with zero attached hydrogens (tertiary/aromatic N) is 3. The SMILES string of the molecule is CS(=O)(=O)N1[C@H](CO)[C@@H](c2ccccc2)C12CN(Cc1ccccn1)C2. The summed E-state index contributed by atoms with van der Waals surface area (Å²) in [5.74, 6) is 0.00316. The van der Waals surface area contributed by atoms with E-state index in [0.717, 1.165) is 11.3 Å². The number of aliphatic hydroxyl groups is 1. The van der Waals surface area contributed by atoms with Gasteiger partial charge in [-0.3, -0.25) is 9.88 Å². The third kappa shape index (κ3) is 2.75. The predicted octanol–water partition coefficient (Wildman–Crippen LogP) is 1.06. The number of likely N-dealkylation sites (tertiary alicyclic amines) is 1. The fourth-order valence-electron chi connectivity index (χ4n) is 4.72. The molecule has 3 heterocycles. The van der Waals surface area contributed by atoms with Gasteiger partial charge in [0.05, 0.1) is 30.1 Å². The molecule has 1 spiro atoms. The molecule has 0 unspecified atom stereocenters. The van der Waals surface area contributed by atoms with Crippen LogP contribution in [0.4, 0.5) is 0 Å². The summed E-state index contributed by atoms with van der Waals surface area (Å²) in [6, 6.07) is 15.3. The van der Waals surface area contributed by atoms with E-state index in [9.17, 15) is 13.5 Å². The van der Waals surface area contributed by atoms with Gasteiger partial charge in [0.15, 0.2) is 0 Å². The van der Waals surface area contributed by atoms with E-state index < -0.39 is 21.6 Å². The summed E-state index contributed by atoms with van der Waals surface area (Å²) in [7, 11) is -3.40. The molecule has 4 rings (SSSR count). The number of rotatable bonds is 5. The molecule has 2 aromatic rings. The van der Waals surface area contributed by atoms with Crippen molar-refractivity contribution in [3.8, 4) is 0 Å². The lowest BCUT2D eigenvalue weighted by atomic mass is 9.63. The Morgan fingerprint density at radius 3 is 2.42 bits per heavy atom. The van der Waals surface area contributed by atoms with Crippen LogP contribution in [-0.2, 0) is 16.6 Å². The van der Waals surface area contributed by atoms with Crippen molar-refractivity contribution in [1.82, 2.24) is 14.2 Å². The highest BCUT2D eigenvalue weighted by Gasteiger charge is 2.68. The van der Waals surface area contributed by atoms with Crippen LogP contribution in [0.3, 0.4) is 0 Å². The second kappa shape index (κ2) is 6.42. The highest BCUT2D eigenvalue weighted by atomic mass is 32.2. The van der Waals surface area contributed by atoms with Gasteiger partial charge in [0.2, 0.25) is 10.0 Å². The van der Waals surface area contributed by atoms with E-state index in [4.69, 9.17) is 0 Å². The molecule has 1 aromatic carbocycles. The van der Waals surface area contributed by atoms with E-state index in [1.807, 2.05) is 48.5 Å². The number of sulfonamides is 1. The maximum absolute atomic E-state index is 12.4. The Kier molecular flexibility index (Phi) is 4.35. The van der Waals surface area contributed by atoms with Crippen LogP contribution in [0, 0.1) is 0 Å². The van der Waals surface area contributed by atoms with E-state index in [-0.39, 0.29) is 12.5 Å². The molecule has 2 atom stereocenters. The van der Waals surface area contributed by atoms with Crippen LogP contribution in [0.2, 0.25) is 0 Å². The molecule has 2 saturated heterocycles. The van der Waals surface area contributed by atoms with Gasteiger partial charge in [0, 0.05) is 31.7 Å². The van der Waals surface area contributed by atoms with Gasteiger partial charge in [0.1, 0.15) is 0 Å². The zero-order valence-corrected chi connectivity index (χ0v) is 15.5. The Balaban J connectivity index is 1.61. The van der Waals surface area contributed by atoms with Crippen LogP contribution in [0.1, 0.15) is 17.2 Å². The first-order valence-corrected chi connectivity index (χ1v) is 10.6. The van der Waals surface area contributed by atoms with E-state index in [2.05, 4.69) is 9.88 Å². The molecule has 6 nitrogen and oxygen atoms in total. The van der Waals surface area contributed by atoms with Crippen molar-refractivity contribution in [2.24, 2.45) is 0 Å². The lowest BCUT2D eigenvalue weighted by molar-refractivity contribution is -0.144. The van der Waals surface area contributed by atoms with Crippen molar-refractivity contribution in [2.45, 2.75) is 24.0 Å². The van der Waals surface area contributed by atoms with Gasteiger partial charge in [-0.1, -0.05) is 36.4 Å². The lowest BCUT2D eigenvalue weighted by Gasteiger charge is -2.69. The van der Waals surface area contributed by atoms with Gasteiger partial charge < -0.3 is 5.11 Å². The van der Waals surface area contributed by atoms with Crippen molar-refractivity contribution < 1.29 is 13.5 Å². The maximum Gasteiger partial charge on any atom is 0.212 e. The first kappa shape index (κ1) is 17.6. The molecule has 0 amide bonds. The summed E-state index contributed by atoms with van der Waals surface area (Å²) in [6.07, 6.45) is 3.01. The number of pyridine rings is 1. The third-order valence-electron chi connectivity index (χ3n) is 5.51.